The van der Waals surface area contributed by atoms with Crippen molar-refractivity contribution in [2.75, 3.05) is 50.1 Å². The first-order valence-electron chi connectivity index (χ1n) is 6.86. The number of hydrogen-bond donors (Lipinski definition) is 3. The molecule has 0 aromatic carbocycles. The smallest absolute Gasteiger partial charge is 0.311 e. The maximum Gasteiger partial charge on any atom is 0.311 e. The number of nitrogens with one attached hydrogen (secondary N) is 2. The normalized spacial score (nSPS) is 15.7. The number of nitrogens with zero attached hydrogens (tertiary/aromatic N) is 3. The molecule has 21 heavy (non-hydrogen) atoms. The molecule has 2 heterocycles. The first-order chi connectivity index (χ1) is 10.2. The lowest BCUT2D eigenvalue weighted by Gasteiger charge is -2.26. The van der Waals surface area contributed by atoms with Crippen LogP contribution in [0.25, 0.3) is 0 Å². The molecule has 2 rings (SSSR count). The Morgan fingerprint density at radius 3 is 2.86 bits per heavy atom. The van der Waals surface area contributed by atoms with Gasteiger partial charge >= 0.3 is 5.69 Å². The molecule has 0 atom stereocenters. The van der Waals surface area contributed by atoms with Gasteiger partial charge in [-0.15, -0.1) is 0 Å². The quantitative estimate of drug-likeness (QED) is 0.286. The molecule has 1 aromatic heterocycles. The van der Waals surface area contributed by atoms with Crippen LogP contribution in [-0.2, 0) is 4.74 Å². The third-order valence-electron chi connectivity index (χ3n) is 3.27. The highest BCUT2D eigenvalue weighted by molar-refractivity contribution is 5.59. The fraction of sp³-hybridized carbons (Fsp3) is 0.583. The average Bonchev–Trinajstić information content (AvgIpc) is 2.52. The van der Waals surface area contributed by atoms with Gasteiger partial charge in [-0.25, -0.2) is 10.8 Å². The second kappa shape index (κ2) is 7.72. The summed E-state index contributed by atoms with van der Waals surface area (Å²) in [4.78, 5) is 16.9. The Bertz CT molecular complexity index is 478. The van der Waals surface area contributed by atoms with Crippen molar-refractivity contribution in [2.45, 2.75) is 6.42 Å². The lowest BCUT2D eigenvalue weighted by atomic mass is 10.3. The van der Waals surface area contributed by atoms with E-state index in [1.165, 1.54) is 12.1 Å². The van der Waals surface area contributed by atoms with E-state index in [9.17, 15) is 10.1 Å². The van der Waals surface area contributed by atoms with E-state index in [4.69, 9.17) is 10.6 Å². The molecular formula is C12H20N6O3. The molecular weight excluding hydrogens is 276 g/mol. The Balaban J connectivity index is 1.84. The number of anilines is 2. The van der Waals surface area contributed by atoms with Crippen LogP contribution < -0.4 is 16.6 Å². The van der Waals surface area contributed by atoms with Crippen molar-refractivity contribution < 1.29 is 9.66 Å². The van der Waals surface area contributed by atoms with E-state index in [2.05, 4.69) is 20.6 Å². The van der Waals surface area contributed by atoms with E-state index in [1.54, 1.807) is 0 Å². The molecule has 0 spiro atoms. The van der Waals surface area contributed by atoms with Crippen molar-refractivity contribution in [3.63, 3.8) is 0 Å². The summed E-state index contributed by atoms with van der Waals surface area (Å²) in [5.74, 6) is 5.89. The van der Waals surface area contributed by atoms with E-state index >= 15 is 0 Å². The molecule has 9 heteroatoms. The van der Waals surface area contributed by atoms with E-state index in [0.29, 0.717) is 12.4 Å². The molecule has 0 unspecified atom stereocenters. The van der Waals surface area contributed by atoms with Gasteiger partial charge in [-0.3, -0.25) is 15.0 Å². The van der Waals surface area contributed by atoms with Crippen LogP contribution in [0.2, 0.25) is 0 Å². The van der Waals surface area contributed by atoms with E-state index in [0.717, 1.165) is 39.3 Å². The number of aromatic nitrogens is 1. The van der Waals surface area contributed by atoms with Crippen molar-refractivity contribution >= 4 is 17.3 Å². The second-order valence-electron chi connectivity index (χ2n) is 4.70. The molecule has 1 saturated heterocycles. The first kappa shape index (κ1) is 15.4. The predicted molar refractivity (Wildman–Crippen MR) is 79.1 cm³/mol. The van der Waals surface area contributed by atoms with Crippen LogP contribution >= 0.6 is 0 Å². The molecule has 1 aromatic rings. The van der Waals surface area contributed by atoms with Crippen LogP contribution in [0.4, 0.5) is 17.3 Å². The highest BCUT2D eigenvalue weighted by atomic mass is 16.6. The number of morpholine rings is 1. The molecule has 9 nitrogen and oxygen atoms in total. The van der Waals surface area contributed by atoms with Crippen LogP contribution in [0.15, 0.2) is 12.1 Å². The molecule has 4 N–H and O–H groups in total. The standard InChI is InChI=1S/C12H20N6O3/c13-16-11-3-2-10(18(19)20)12(15-11)14-4-1-5-17-6-8-21-9-7-17/h2-3H,1,4-9,13H2,(H2,14,15,16). The van der Waals surface area contributed by atoms with Crippen LogP contribution in [-0.4, -0.2) is 54.2 Å². The molecule has 0 bridgehead atoms. The minimum absolute atomic E-state index is 0.0552. The summed E-state index contributed by atoms with van der Waals surface area (Å²) in [6, 6.07) is 2.85. The molecule has 1 aliphatic rings. The molecule has 0 aliphatic carbocycles. The Morgan fingerprint density at radius 1 is 1.43 bits per heavy atom. The number of hydrazine groups is 1. The maximum atomic E-state index is 11.0. The molecule has 1 fully saturated rings. The average molecular weight is 296 g/mol. The minimum atomic E-state index is -0.461. The number of hydrogen-bond acceptors (Lipinski definition) is 8. The van der Waals surface area contributed by atoms with Crippen LogP contribution in [0.5, 0.6) is 0 Å². The summed E-state index contributed by atoms with van der Waals surface area (Å²) >= 11 is 0. The van der Waals surface area contributed by atoms with Gasteiger partial charge in [-0.2, -0.15) is 0 Å². The number of rotatable bonds is 7. The van der Waals surface area contributed by atoms with Crippen LogP contribution in [0.3, 0.4) is 0 Å². The predicted octanol–water partition coefficient (Wildman–Crippen LogP) is 0.410. The van der Waals surface area contributed by atoms with Gasteiger partial charge in [0.25, 0.3) is 0 Å². The minimum Gasteiger partial charge on any atom is -0.379 e. The molecule has 0 radical (unpaired) electrons. The zero-order valence-corrected chi connectivity index (χ0v) is 11.7. The summed E-state index contributed by atoms with van der Waals surface area (Å²) < 4.78 is 5.28. The van der Waals surface area contributed by atoms with Gasteiger partial charge in [0.1, 0.15) is 5.82 Å². The second-order valence-corrected chi connectivity index (χ2v) is 4.70. The number of nitrogen functional groups attached to an aromatic ring is 1. The van der Waals surface area contributed by atoms with Gasteiger partial charge in [0.15, 0.2) is 0 Å². The zero-order chi connectivity index (χ0) is 15.1. The third kappa shape index (κ3) is 4.52. The Morgan fingerprint density at radius 2 is 2.19 bits per heavy atom. The SMILES string of the molecule is NNc1ccc([N+](=O)[O-])c(NCCCN2CCOCC2)n1. The van der Waals surface area contributed by atoms with Crippen LogP contribution in [0.1, 0.15) is 6.42 Å². The van der Waals surface area contributed by atoms with Gasteiger partial charge in [-0.1, -0.05) is 0 Å². The summed E-state index contributed by atoms with van der Waals surface area (Å²) in [6.45, 7) is 4.95. The van der Waals surface area contributed by atoms with Gasteiger partial charge in [0.2, 0.25) is 5.82 Å². The fourth-order valence-electron chi connectivity index (χ4n) is 2.14. The summed E-state index contributed by atoms with van der Waals surface area (Å²) in [6.07, 6.45) is 0.874. The first-order valence-corrected chi connectivity index (χ1v) is 6.86. The number of pyridine rings is 1. The molecule has 0 amide bonds. The summed E-state index contributed by atoms with van der Waals surface area (Å²) in [7, 11) is 0. The van der Waals surface area contributed by atoms with Crippen molar-refractivity contribution in [2.24, 2.45) is 5.84 Å². The van der Waals surface area contributed by atoms with E-state index in [1.807, 2.05) is 0 Å². The van der Waals surface area contributed by atoms with Gasteiger partial charge in [0, 0.05) is 25.7 Å². The zero-order valence-electron chi connectivity index (χ0n) is 11.7. The van der Waals surface area contributed by atoms with Crippen LogP contribution in [0, 0.1) is 10.1 Å². The monoisotopic (exact) mass is 296 g/mol. The van der Waals surface area contributed by atoms with Crippen molar-refractivity contribution in [1.82, 2.24) is 9.88 Å². The van der Waals surface area contributed by atoms with E-state index in [-0.39, 0.29) is 11.5 Å². The molecule has 116 valence electrons. The Kier molecular flexibility index (Phi) is 5.67. The largest absolute Gasteiger partial charge is 0.379 e. The number of nitrogens with two attached hydrogens (primary N) is 1. The van der Waals surface area contributed by atoms with Crippen molar-refractivity contribution in [3.8, 4) is 0 Å². The molecule has 1 aliphatic heterocycles. The third-order valence-corrected chi connectivity index (χ3v) is 3.27. The molecule has 0 saturated carbocycles. The number of nitro groups is 1. The van der Waals surface area contributed by atoms with Gasteiger partial charge in [-0.05, 0) is 19.0 Å². The topological polar surface area (TPSA) is 119 Å². The highest BCUT2D eigenvalue weighted by Crippen LogP contribution is 2.23. The van der Waals surface area contributed by atoms with Crippen molar-refractivity contribution in [3.05, 3.63) is 22.2 Å². The van der Waals surface area contributed by atoms with Gasteiger partial charge in [0.05, 0.1) is 18.1 Å². The lowest BCUT2D eigenvalue weighted by Crippen LogP contribution is -2.37. The Labute approximate surface area is 122 Å². The summed E-state index contributed by atoms with van der Waals surface area (Å²) in [5.41, 5.74) is 2.32. The highest BCUT2D eigenvalue weighted by Gasteiger charge is 2.16. The number of ether oxygens (including phenoxy) is 1. The van der Waals surface area contributed by atoms with Gasteiger partial charge < -0.3 is 15.5 Å². The maximum absolute atomic E-state index is 11.0. The Hall–Kier alpha value is -1.97. The fourth-order valence-corrected chi connectivity index (χ4v) is 2.14. The van der Waals surface area contributed by atoms with Crippen molar-refractivity contribution in [1.29, 1.82) is 0 Å². The van der Waals surface area contributed by atoms with E-state index < -0.39 is 4.92 Å². The summed E-state index contributed by atoms with van der Waals surface area (Å²) in [5, 5.41) is 14.0. The lowest BCUT2D eigenvalue weighted by molar-refractivity contribution is -0.384.